The molecule has 3 rings (SSSR count). The summed E-state index contributed by atoms with van der Waals surface area (Å²) in [6.07, 6.45) is 5.00. The molecule has 0 radical (unpaired) electrons. The van der Waals surface area contributed by atoms with Gasteiger partial charge in [0.2, 0.25) is 0 Å². The van der Waals surface area contributed by atoms with Crippen LogP contribution in [0.1, 0.15) is 39.5 Å². The van der Waals surface area contributed by atoms with Crippen LogP contribution in [0, 0.1) is 5.92 Å². The maximum absolute atomic E-state index is 6.12. The highest BCUT2D eigenvalue weighted by Gasteiger charge is 2.27. The summed E-state index contributed by atoms with van der Waals surface area (Å²) in [6, 6.07) is 10.8. The van der Waals surface area contributed by atoms with Gasteiger partial charge in [-0.05, 0) is 37.4 Å². The van der Waals surface area contributed by atoms with Gasteiger partial charge < -0.3 is 15.0 Å². The summed E-state index contributed by atoms with van der Waals surface area (Å²) in [4.78, 5) is 9.57. The van der Waals surface area contributed by atoms with Crippen LogP contribution in [0.2, 0.25) is 0 Å². The van der Waals surface area contributed by atoms with E-state index >= 15 is 0 Å². The van der Waals surface area contributed by atoms with E-state index < -0.39 is 0 Å². The van der Waals surface area contributed by atoms with Crippen LogP contribution >= 0.6 is 0 Å². The molecular weight excluding hydrogens is 336 g/mol. The predicted octanol–water partition coefficient (Wildman–Crippen LogP) is 3.23. The topological polar surface area (TPSA) is 40.1 Å². The van der Waals surface area contributed by atoms with E-state index in [1.807, 2.05) is 37.4 Å². The number of benzene rings is 1. The summed E-state index contributed by atoms with van der Waals surface area (Å²) in [5.74, 6) is 2.75. The molecule has 1 atom stereocenters. The molecule has 27 heavy (non-hydrogen) atoms. The van der Waals surface area contributed by atoms with Gasteiger partial charge in [0.15, 0.2) is 5.96 Å². The van der Waals surface area contributed by atoms with Crippen LogP contribution in [-0.4, -0.2) is 67.7 Å². The van der Waals surface area contributed by atoms with Crippen molar-refractivity contribution in [3.63, 3.8) is 0 Å². The molecule has 0 spiro atoms. The number of likely N-dealkylation sites (tertiary alicyclic amines) is 2. The van der Waals surface area contributed by atoms with Gasteiger partial charge in [-0.25, -0.2) is 0 Å². The zero-order chi connectivity index (χ0) is 19.1. The minimum Gasteiger partial charge on any atom is -0.490 e. The summed E-state index contributed by atoms with van der Waals surface area (Å²) in [5, 5.41) is 3.64. The zero-order valence-electron chi connectivity index (χ0n) is 17.2. The largest absolute Gasteiger partial charge is 0.490 e. The van der Waals surface area contributed by atoms with Crippen molar-refractivity contribution in [3.8, 4) is 5.75 Å². The van der Waals surface area contributed by atoms with Gasteiger partial charge >= 0.3 is 0 Å². The van der Waals surface area contributed by atoms with E-state index in [1.54, 1.807) is 0 Å². The fourth-order valence-electron chi connectivity index (χ4n) is 4.25. The van der Waals surface area contributed by atoms with Crippen LogP contribution in [0.25, 0.3) is 0 Å². The number of nitrogens with zero attached hydrogens (tertiary/aromatic N) is 3. The average Bonchev–Trinajstić information content (AvgIpc) is 3.10. The molecule has 2 aliphatic heterocycles. The van der Waals surface area contributed by atoms with Crippen molar-refractivity contribution < 1.29 is 4.74 Å². The fourth-order valence-corrected chi connectivity index (χ4v) is 4.25. The van der Waals surface area contributed by atoms with Gasteiger partial charge in [-0.3, -0.25) is 9.89 Å². The predicted molar refractivity (Wildman–Crippen MR) is 112 cm³/mol. The Bertz CT molecular complexity index is 581. The van der Waals surface area contributed by atoms with Crippen molar-refractivity contribution in [2.45, 2.75) is 51.7 Å². The number of ether oxygens (including phenoxy) is 1. The van der Waals surface area contributed by atoms with Crippen LogP contribution in [0.4, 0.5) is 0 Å². The molecule has 2 aliphatic rings. The summed E-state index contributed by atoms with van der Waals surface area (Å²) >= 11 is 0. The summed E-state index contributed by atoms with van der Waals surface area (Å²) < 4.78 is 6.12. The molecule has 2 saturated heterocycles. The van der Waals surface area contributed by atoms with Crippen molar-refractivity contribution >= 4 is 5.96 Å². The van der Waals surface area contributed by atoms with E-state index in [0.29, 0.717) is 12.1 Å². The Labute approximate surface area is 164 Å². The lowest BCUT2D eigenvalue weighted by molar-refractivity contribution is 0.129. The normalized spacial score (nSPS) is 22.4. The molecule has 0 amide bonds. The summed E-state index contributed by atoms with van der Waals surface area (Å²) in [7, 11) is 1.90. The number of aliphatic imine (C=N–C) groups is 1. The first kappa shape index (κ1) is 20.0. The third-order valence-electron chi connectivity index (χ3n) is 5.59. The van der Waals surface area contributed by atoms with Gasteiger partial charge in [0.05, 0.1) is 0 Å². The van der Waals surface area contributed by atoms with E-state index in [4.69, 9.17) is 4.74 Å². The van der Waals surface area contributed by atoms with Crippen LogP contribution in [0.15, 0.2) is 35.3 Å². The van der Waals surface area contributed by atoms with Crippen molar-refractivity contribution in [2.75, 3.05) is 39.8 Å². The number of piperidine rings is 1. The molecule has 1 aromatic rings. The summed E-state index contributed by atoms with van der Waals surface area (Å²) in [5.41, 5.74) is 0. The fraction of sp³-hybridized carbons (Fsp3) is 0.682. The zero-order valence-corrected chi connectivity index (χ0v) is 17.2. The molecule has 0 saturated carbocycles. The van der Waals surface area contributed by atoms with Crippen molar-refractivity contribution in [1.82, 2.24) is 15.1 Å². The Morgan fingerprint density at radius 3 is 2.56 bits per heavy atom. The van der Waals surface area contributed by atoms with Crippen molar-refractivity contribution in [3.05, 3.63) is 30.3 Å². The lowest BCUT2D eigenvalue weighted by Gasteiger charge is -2.35. The molecule has 5 heteroatoms. The molecule has 0 bridgehead atoms. The Balaban J connectivity index is 1.44. The van der Waals surface area contributed by atoms with Crippen LogP contribution in [-0.2, 0) is 0 Å². The van der Waals surface area contributed by atoms with Gasteiger partial charge in [-0.2, -0.15) is 0 Å². The van der Waals surface area contributed by atoms with E-state index in [2.05, 4.69) is 34.0 Å². The smallest absolute Gasteiger partial charge is 0.193 e. The molecule has 0 aromatic heterocycles. The lowest BCUT2D eigenvalue weighted by Crippen LogP contribution is -2.50. The number of guanidine groups is 1. The van der Waals surface area contributed by atoms with Gasteiger partial charge in [-0.1, -0.05) is 32.0 Å². The SMILES string of the molecule is CN=C(NC[C@H]1CCCN1CC(C)C)N1CCC(Oc2ccccc2)CC1. The number of hydrogen-bond donors (Lipinski definition) is 1. The Hall–Kier alpha value is -1.75. The van der Waals surface area contributed by atoms with E-state index in [-0.39, 0.29) is 0 Å². The van der Waals surface area contributed by atoms with Gasteiger partial charge in [-0.15, -0.1) is 0 Å². The Morgan fingerprint density at radius 2 is 1.89 bits per heavy atom. The first-order chi connectivity index (χ1) is 13.2. The standard InChI is InChI=1S/C22H36N4O/c1-18(2)17-26-13-7-8-19(26)16-24-22(23-3)25-14-11-21(12-15-25)27-20-9-5-4-6-10-20/h4-6,9-10,18-19,21H,7-8,11-17H2,1-3H3,(H,23,24)/t19-/m1/s1. The highest BCUT2D eigenvalue weighted by Crippen LogP contribution is 2.20. The molecule has 2 fully saturated rings. The average molecular weight is 373 g/mol. The Kier molecular flexibility index (Phi) is 7.39. The molecule has 0 unspecified atom stereocenters. The second kappa shape index (κ2) is 9.98. The van der Waals surface area contributed by atoms with Crippen LogP contribution in [0.5, 0.6) is 5.75 Å². The van der Waals surface area contributed by atoms with Crippen molar-refractivity contribution in [1.29, 1.82) is 0 Å². The third-order valence-corrected chi connectivity index (χ3v) is 5.59. The number of nitrogens with one attached hydrogen (secondary N) is 1. The molecule has 1 aromatic carbocycles. The van der Waals surface area contributed by atoms with Crippen molar-refractivity contribution in [2.24, 2.45) is 10.9 Å². The first-order valence-electron chi connectivity index (χ1n) is 10.6. The Morgan fingerprint density at radius 1 is 1.15 bits per heavy atom. The molecule has 0 aliphatic carbocycles. The van der Waals surface area contributed by atoms with Crippen LogP contribution < -0.4 is 10.1 Å². The number of rotatable bonds is 6. The van der Waals surface area contributed by atoms with Gasteiger partial charge in [0.25, 0.3) is 0 Å². The summed E-state index contributed by atoms with van der Waals surface area (Å²) in [6.45, 7) is 10.1. The molecule has 5 nitrogen and oxygen atoms in total. The second-order valence-electron chi connectivity index (χ2n) is 8.23. The molecule has 150 valence electrons. The van der Waals surface area contributed by atoms with Gasteiger partial charge in [0.1, 0.15) is 11.9 Å². The quantitative estimate of drug-likeness (QED) is 0.615. The highest BCUT2D eigenvalue weighted by molar-refractivity contribution is 5.80. The maximum Gasteiger partial charge on any atom is 0.193 e. The van der Waals surface area contributed by atoms with Gasteiger partial charge in [0, 0.05) is 52.1 Å². The maximum atomic E-state index is 6.12. The number of para-hydroxylation sites is 1. The van der Waals surface area contributed by atoms with E-state index in [1.165, 1.54) is 25.9 Å². The number of hydrogen-bond acceptors (Lipinski definition) is 3. The monoisotopic (exact) mass is 372 g/mol. The van der Waals surface area contributed by atoms with E-state index in [9.17, 15) is 0 Å². The lowest BCUT2D eigenvalue weighted by atomic mass is 10.1. The first-order valence-corrected chi connectivity index (χ1v) is 10.6. The molecule has 1 N–H and O–H groups in total. The van der Waals surface area contributed by atoms with Crippen LogP contribution in [0.3, 0.4) is 0 Å². The third kappa shape index (κ3) is 5.86. The minimum absolute atomic E-state index is 0.304. The minimum atomic E-state index is 0.304. The molecular formula is C22H36N4O. The highest BCUT2D eigenvalue weighted by atomic mass is 16.5. The molecule has 2 heterocycles. The second-order valence-corrected chi connectivity index (χ2v) is 8.23. The van der Waals surface area contributed by atoms with E-state index in [0.717, 1.165) is 50.1 Å².